The summed E-state index contributed by atoms with van der Waals surface area (Å²) < 4.78 is 0. The van der Waals surface area contributed by atoms with Gasteiger partial charge in [-0.3, -0.25) is 0 Å². The van der Waals surface area contributed by atoms with Gasteiger partial charge in [-0.25, -0.2) is 0 Å². The van der Waals surface area contributed by atoms with E-state index in [-0.39, 0.29) is 0 Å². The monoisotopic (exact) mass is 269 g/mol. The zero-order valence-electron chi connectivity index (χ0n) is 8.28. The highest BCUT2D eigenvalue weighted by molar-refractivity contribution is 7.99. The van der Waals surface area contributed by atoms with Crippen LogP contribution in [0.2, 0.25) is 10.0 Å². The van der Waals surface area contributed by atoms with Crippen LogP contribution < -0.4 is 5.73 Å². The first kappa shape index (κ1) is 11.6. The molecule has 0 bridgehead atoms. The number of anilines is 1. The summed E-state index contributed by atoms with van der Waals surface area (Å²) in [7, 11) is 0. The molecule has 0 heterocycles. The Balaban J connectivity index is 2.27. The van der Waals surface area contributed by atoms with E-state index in [9.17, 15) is 0 Å². The van der Waals surface area contributed by atoms with Crippen molar-refractivity contribution in [3.63, 3.8) is 0 Å². The first-order valence-electron chi connectivity index (χ1n) is 4.63. The molecule has 0 fully saturated rings. The van der Waals surface area contributed by atoms with Crippen molar-refractivity contribution >= 4 is 40.7 Å². The number of halogens is 2. The number of hydrogen-bond donors (Lipinski definition) is 1. The highest BCUT2D eigenvalue weighted by Crippen LogP contribution is 2.35. The molecule has 0 aliphatic heterocycles. The van der Waals surface area contributed by atoms with E-state index in [1.54, 1.807) is 17.8 Å². The zero-order valence-corrected chi connectivity index (χ0v) is 10.6. The molecule has 2 aromatic rings. The molecule has 82 valence electrons. The molecule has 0 saturated heterocycles. The molecule has 0 spiro atoms. The summed E-state index contributed by atoms with van der Waals surface area (Å²) >= 11 is 13.6. The Bertz CT molecular complexity index is 514. The molecule has 0 atom stereocenters. The van der Waals surface area contributed by atoms with Crippen LogP contribution in [0.15, 0.2) is 52.3 Å². The molecule has 2 aromatic carbocycles. The molecular weight excluding hydrogens is 261 g/mol. The summed E-state index contributed by atoms with van der Waals surface area (Å²) in [5, 5.41) is 1.38. The highest BCUT2D eigenvalue weighted by atomic mass is 35.5. The van der Waals surface area contributed by atoms with Crippen LogP contribution >= 0.6 is 35.0 Å². The average Bonchev–Trinajstić information content (AvgIpc) is 2.22. The Morgan fingerprint density at radius 3 is 2.50 bits per heavy atom. The molecule has 0 radical (unpaired) electrons. The summed E-state index contributed by atoms with van der Waals surface area (Å²) in [5.74, 6) is 0. The van der Waals surface area contributed by atoms with E-state index in [0.717, 1.165) is 14.8 Å². The molecule has 0 aliphatic carbocycles. The van der Waals surface area contributed by atoms with Crippen LogP contribution in [-0.2, 0) is 0 Å². The fourth-order valence-electron chi connectivity index (χ4n) is 1.26. The van der Waals surface area contributed by atoms with Crippen molar-refractivity contribution in [1.29, 1.82) is 0 Å². The van der Waals surface area contributed by atoms with E-state index in [1.807, 2.05) is 36.4 Å². The smallest absolute Gasteiger partial charge is 0.0565 e. The molecule has 0 amide bonds. The van der Waals surface area contributed by atoms with E-state index in [1.165, 1.54) is 0 Å². The second-order valence-corrected chi connectivity index (χ2v) is 5.21. The lowest BCUT2D eigenvalue weighted by Crippen LogP contribution is -1.84. The molecule has 2 N–H and O–H groups in total. The second kappa shape index (κ2) is 5.00. The van der Waals surface area contributed by atoms with Crippen molar-refractivity contribution < 1.29 is 0 Å². The zero-order chi connectivity index (χ0) is 11.5. The van der Waals surface area contributed by atoms with E-state index in [4.69, 9.17) is 28.9 Å². The van der Waals surface area contributed by atoms with Crippen molar-refractivity contribution in [2.24, 2.45) is 0 Å². The lowest BCUT2D eigenvalue weighted by Gasteiger charge is -2.05. The number of rotatable bonds is 2. The predicted molar refractivity (Wildman–Crippen MR) is 71.4 cm³/mol. The number of benzene rings is 2. The minimum atomic E-state index is 0.657. The van der Waals surface area contributed by atoms with E-state index in [2.05, 4.69) is 0 Å². The quantitative estimate of drug-likeness (QED) is 0.798. The largest absolute Gasteiger partial charge is 0.399 e. The molecule has 0 saturated carbocycles. The van der Waals surface area contributed by atoms with Gasteiger partial charge in [-0.05, 0) is 36.4 Å². The predicted octanol–water partition coefficient (Wildman–Crippen LogP) is 4.73. The minimum absolute atomic E-state index is 0.657. The van der Waals surface area contributed by atoms with Gasteiger partial charge in [0.2, 0.25) is 0 Å². The molecule has 1 nitrogen and oxygen atoms in total. The lowest BCUT2D eigenvalue weighted by atomic mass is 10.3. The lowest BCUT2D eigenvalue weighted by molar-refractivity contribution is 1.41. The number of nitrogens with two attached hydrogens (primary N) is 1. The van der Waals surface area contributed by atoms with E-state index < -0.39 is 0 Å². The van der Waals surface area contributed by atoms with Crippen LogP contribution in [-0.4, -0.2) is 0 Å². The van der Waals surface area contributed by atoms with Gasteiger partial charge >= 0.3 is 0 Å². The molecule has 0 aliphatic rings. The summed E-state index contributed by atoms with van der Waals surface area (Å²) in [5.41, 5.74) is 6.30. The van der Waals surface area contributed by atoms with E-state index in [0.29, 0.717) is 10.7 Å². The van der Waals surface area contributed by atoms with Gasteiger partial charge < -0.3 is 5.73 Å². The summed E-state index contributed by atoms with van der Waals surface area (Å²) in [4.78, 5) is 2.03. The van der Waals surface area contributed by atoms with Crippen molar-refractivity contribution in [2.45, 2.75) is 9.79 Å². The minimum Gasteiger partial charge on any atom is -0.399 e. The van der Waals surface area contributed by atoms with Crippen LogP contribution in [0.1, 0.15) is 0 Å². The van der Waals surface area contributed by atoms with Crippen LogP contribution in [0.5, 0.6) is 0 Å². The van der Waals surface area contributed by atoms with Crippen LogP contribution in [0.25, 0.3) is 0 Å². The van der Waals surface area contributed by atoms with Gasteiger partial charge in [-0.2, -0.15) is 0 Å². The highest BCUT2D eigenvalue weighted by Gasteiger charge is 2.03. The third-order valence-corrected chi connectivity index (χ3v) is 3.71. The SMILES string of the molecule is Nc1ccc(Sc2cccc(Cl)c2)c(Cl)c1. The number of nitrogen functional groups attached to an aromatic ring is 1. The van der Waals surface area contributed by atoms with Crippen LogP contribution in [0.4, 0.5) is 5.69 Å². The number of hydrogen-bond acceptors (Lipinski definition) is 2. The average molecular weight is 270 g/mol. The maximum Gasteiger partial charge on any atom is 0.0565 e. The molecule has 4 heteroatoms. The van der Waals surface area contributed by atoms with Gasteiger partial charge in [0.05, 0.1) is 5.02 Å². The van der Waals surface area contributed by atoms with Gasteiger partial charge in [-0.15, -0.1) is 0 Å². The van der Waals surface area contributed by atoms with Gasteiger partial charge in [0.1, 0.15) is 0 Å². The van der Waals surface area contributed by atoms with Crippen molar-refractivity contribution in [2.75, 3.05) is 5.73 Å². The normalized spacial score (nSPS) is 10.4. The summed E-state index contributed by atoms with van der Waals surface area (Å²) in [6, 6.07) is 13.1. The molecule has 0 aromatic heterocycles. The Morgan fingerprint density at radius 2 is 1.81 bits per heavy atom. The fourth-order valence-corrected chi connectivity index (χ4v) is 2.70. The third-order valence-electron chi connectivity index (χ3n) is 1.98. The van der Waals surface area contributed by atoms with Crippen molar-refractivity contribution in [3.05, 3.63) is 52.5 Å². The molecular formula is C12H9Cl2NS. The van der Waals surface area contributed by atoms with Crippen LogP contribution in [0, 0.1) is 0 Å². The summed E-state index contributed by atoms with van der Waals surface area (Å²) in [6.07, 6.45) is 0. The fraction of sp³-hybridized carbons (Fsp3) is 0. The standard InChI is InChI=1S/C12H9Cl2NS/c13-8-2-1-3-10(6-8)16-12-5-4-9(15)7-11(12)14/h1-7H,15H2. The summed E-state index contributed by atoms with van der Waals surface area (Å²) in [6.45, 7) is 0. The van der Waals surface area contributed by atoms with Crippen molar-refractivity contribution in [3.8, 4) is 0 Å². The van der Waals surface area contributed by atoms with Gasteiger partial charge in [-0.1, -0.05) is 41.0 Å². The Kier molecular flexibility index (Phi) is 3.64. The maximum atomic E-state index is 6.09. The van der Waals surface area contributed by atoms with Gasteiger partial charge in [0, 0.05) is 20.5 Å². The molecule has 16 heavy (non-hydrogen) atoms. The van der Waals surface area contributed by atoms with Crippen molar-refractivity contribution in [1.82, 2.24) is 0 Å². The van der Waals surface area contributed by atoms with E-state index >= 15 is 0 Å². The Labute approximate surface area is 109 Å². The Hall–Kier alpha value is -0.830. The molecule has 0 unspecified atom stereocenters. The molecule has 2 rings (SSSR count). The topological polar surface area (TPSA) is 26.0 Å². The third kappa shape index (κ3) is 2.85. The Morgan fingerprint density at radius 1 is 1.00 bits per heavy atom. The van der Waals surface area contributed by atoms with Gasteiger partial charge in [0.25, 0.3) is 0 Å². The second-order valence-electron chi connectivity index (χ2n) is 3.25. The van der Waals surface area contributed by atoms with Crippen LogP contribution in [0.3, 0.4) is 0 Å². The maximum absolute atomic E-state index is 6.09. The van der Waals surface area contributed by atoms with Gasteiger partial charge in [0.15, 0.2) is 0 Å². The first-order chi connectivity index (χ1) is 7.65. The first-order valence-corrected chi connectivity index (χ1v) is 6.21.